The van der Waals surface area contributed by atoms with E-state index in [0.717, 1.165) is 9.30 Å². The molecule has 0 atom stereocenters. The van der Waals surface area contributed by atoms with Gasteiger partial charge in [-0.3, -0.25) is 0 Å². The fourth-order valence-corrected chi connectivity index (χ4v) is 3.48. The van der Waals surface area contributed by atoms with Crippen molar-refractivity contribution in [3.05, 3.63) is 24.4 Å². The Labute approximate surface area is 139 Å². The Hall–Kier alpha value is -2.10. The van der Waals surface area contributed by atoms with Crippen LogP contribution in [0.1, 0.15) is 0 Å². The molecular formula is C14H12N4O3S2. The maximum absolute atomic E-state index is 5.79. The molecule has 0 unspecified atom stereocenters. The highest BCUT2D eigenvalue weighted by atomic mass is 32.2. The summed E-state index contributed by atoms with van der Waals surface area (Å²) in [5.41, 5.74) is 1.93. The van der Waals surface area contributed by atoms with E-state index in [1.54, 1.807) is 23.4 Å². The first kappa shape index (κ1) is 14.5. The normalized spacial score (nSPS) is 11.6. The number of aromatic nitrogens is 4. The molecule has 3 aromatic heterocycles. The van der Waals surface area contributed by atoms with Gasteiger partial charge in [0.05, 0.1) is 6.20 Å². The number of methoxy groups -OCH3 is 1. The van der Waals surface area contributed by atoms with Gasteiger partial charge in [0.2, 0.25) is 10.9 Å². The Morgan fingerprint density at radius 3 is 3.04 bits per heavy atom. The standard InChI is InChI=1S/C14H12N4O3S2/c1-19-7-20-9-4-3-5-10-11(9)16-12(21-10)8-6-18-13(15-8)23-14(17-18)22-2/h3-6H,7H2,1-2H3. The molecule has 7 nitrogen and oxygen atoms in total. The number of hydrogen-bond donors (Lipinski definition) is 0. The lowest BCUT2D eigenvalue weighted by atomic mass is 10.3. The maximum Gasteiger partial charge on any atom is 0.248 e. The summed E-state index contributed by atoms with van der Waals surface area (Å²) in [6, 6.07) is 5.51. The van der Waals surface area contributed by atoms with Crippen LogP contribution < -0.4 is 4.74 Å². The predicted octanol–water partition coefficient (Wildman–Crippen LogP) is 3.30. The highest BCUT2D eigenvalue weighted by Gasteiger charge is 2.16. The first-order valence-electron chi connectivity index (χ1n) is 6.70. The Morgan fingerprint density at radius 2 is 2.26 bits per heavy atom. The molecule has 0 aliphatic rings. The van der Waals surface area contributed by atoms with Gasteiger partial charge in [-0.25, -0.2) is 14.5 Å². The van der Waals surface area contributed by atoms with E-state index >= 15 is 0 Å². The molecule has 0 amide bonds. The van der Waals surface area contributed by atoms with E-state index in [-0.39, 0.29) is 6.79 Å². The number of imidazole rings is 1. The molecule has 0 fully saturated rings. The second-order valence-electron chi connectivity index (χ2n) is 4.60. The molecule has 118 valence electrons. The molecule has 0 saturated carbocycles. The van der Waals surface area contributed by atoms with Crippen LogP contribution in [-0.2, 0) is 4.74 Å². The number of nitrogens with zero attached hydrogens (tertiary/aromatic N) is 4. The number of ether oxygens (including phenoxy) is 2. The summed E-state index contributed by atoms with van der Waals surface area (Å²) in [4.78, 5) is 9.83. The van der Waals surface area contributed by atoms with Gasteiger partial charge in [0.25, 0.3) is 0 Å². The molecule has 4 rings (SSSR count). The SMILES string of the molecule is COCOc1cccc2oc(-c3cn4nc(SC)sc4n3)nc12. The van der Waals surface area contributed by atoms with Gasteiger partial charge in [0.15, 0.2) is 28.0 Å². The van der Waals surface area contributed by atoms with Crippen LogP contribution in [0.3, 0.4) is 0 Å². The average Bonchev–Trinajstić information content (AvgIpc) is 3.23. The number of hydrogen-bond acceptors (Lipinski definition) is 8. The summed E-state index contributed by atoms with van der Waals surface area (Å²) >= 11 is 3.12. The van der Waals surface area contributed by atoms with E-state index in [4.69, 9.17) is 13.9 Å². The van der Waals surface area contributed by atoms with Crippen molar-refractivity contribution in [3.63, 3.8) is 0 Å². The molecule has 0 aliphatic heterocycles. The van der Waals surface area contributed by atoms with E-state index in [0.29, 0.717) is 28.4 Å². The van der Waals surface area contributed by atoms with Crippen LogP contribution in [0, 0.1) is 0 Å². The third kappa shape index (κ3) is 2.56. The third-order valence-electron chi connectivity index (χ3n) is 3.13. The molecule has 9 heteroatoms. The van der Waals surface area contributed by atoms with Crippen molar-refractivity contribution in [3.8, 4) is 17.3 Å². The van der Waals surface area contributed by atoms with Crippen LogP contribution in [0.25, 0.3) is 27.6 Å². The zero-order chi connectivity index (χ0) is 15.8. The average molecular weight is 348 g/mol. The summed E-state index contributed by atoms with van der Waals surface area (Å²) in [5, 5.41) is 4.41. The summed E-state index contributed by atoms with van der Waals surface area (Å²) in [5.74, 6) is 1.06. The van der Waals surface area contributed by atoms with E-state index < -0.39 is 0 Å². The molecule has 0 radical (unpaired) electrons. The van der Waals surface area contributed by atoms with Gasteiger partial charge in [0.1, 0.15) is 5.69 Å². The predicted molar refractivity (Wildman–Crippen MR) is 88.2 cm³/mol. The number of thioether (sulfide) groups is 1. The zero-order valence-electron chi connectivity index (χ0n) is 12.3. The lowest BCUT2D eigenvalue weighted by Gasteiger charge is -2.03. The van der Waals surface area contributed by atoms with Crippen LogP contribution in [0.2, 0.25) is 0 Å². The number of para-hydroxylation sites is 1. The smallest absolute Gasteiger partial charge is 0.248 e. The minimum Gasteiger partial charge on any atom is -0.465 e. The van der Waals surface area contributed by atoms with E-state index in [2.05, 4.69) is 15.1 Å². The van der Waals surface area contributed by atoms with Crippen LogP contribution >= 0.6 is 23.1 Å². The summed E-state index contributed by atoms with van der Waals surface area (Å²) in [7, 11) is 1.57. The number of benzene rings is 1. The first-order valence-corrected chi connectivity index (χ1v) is 8.74. The fourth-order valence-electron chi connectivity index (χ4n) is 2.14. The van der Waals surface area contributed by atoms with Crippen molar-refractivity contribution in [1.82, 2.24) is 19.6 Å². The highest BCUT2D eigenvalue weighted by molar-refractivity contribution is 8.00. The molecule has 0 saturated heterocycles. The van der Waals surface area contributed by atoms with Gasteiger partial charge < -0.3 is 13.9 Å². The largest absolute Gasteiger partial charge is 0.465 e. The highest BCUT2D eigenvalue weighted by Crippen LogP contribution is 2.31. The lowest BCUT2D eigenvalue weighted by Crippen LogP contribution is -1.99. The summed E-state index contributed by atoms with van der Waals surface area (Å²) in [6.07, 6.45) is 3.80. The third-order valence-corrected chi connectivity index (χ3v) is 5.03. The Morgan fingerprint density at radius 1 is 1.35 bits per heavy atom. The second kappa shape index (κ2) is 5.84. The van der Waals surface area contributed by atoms with Crippen molar-refractivity contribution in [2.24, 2.45) is 0 Å². The molecule has 1 aromatic carbocycles. The Bertz CT molecular complexity index is 944. The minimum atomic E-state index is 0.156. The molecular weight excluding hydrogens is 336 g/mol. The lowest BCUT2D eigenvalue weighted by molar-refractivity contribution is 0.0521. The molecule has 0 N–H and O–H groups in total. The molecule has 0 bridgehead atoms. The number of rotatable bonds is 5. The monoisotopic (exact) mass is 348 g/mol. The van der Waals surface area contributed by atoms with Gasteiger partial charge >= 0.3 is 0 Å². The van der Waals surface area contributed by atoms with Crippen molar-refractivity contribution >= 4 is 39.2 Å². The zero-order valence-corrected chi connectivity index (χ0v) is 14.0. The van der Waals surface area contributed by atoms with Crippen LogP contribution in [0.5, 0.6) is 5.75 Å². The summed E-state index contributed by atoms with van der Waals surface area (Å²) < 4.78 is 18.9. The molecule has 23 heavy (non-hydrogen) atoms. The molecule has 0 spiro atoms. The van der Waals surface area contributed by atoms with Crippen LogP contribution in [-0.4, -0.2) is 39.7 Å². The maximum atomic E-state index is 5.79. The van der Waals surface area contributed by atoms with Crippen LogP contribution in [0.15, 0.2) is 33.2 Å². The van der Waals surface area contributed by atoms with Gasteiger partial charge in [-0.05, 0) is 18.4 Å². The minimum absolute atomic E-state index is 0.156. The molecule has 4 aromatic rings. The van der Waals surface area contributed by atoms with Crippen molar-refractivity contribution in [1.29, 1.82) is 0 Å². The Balaban J connectivity index is 1.76. The van der Waals surface area contributed by atoms with Crippen LogP contribution in [0.4, 0.5) is 0 Å². The summed E-state index contributed by atoms with van der Waals surface area (Å²) in [6.45, 7) is 0.156. The number of oxazole rings is 1. The van der Waals surface area contributed by atoms with Gasteiger partial charge in [-0.1, -0.05) is 29.2 Å². The van der Waals surface area contributed by atoms with Crippen molar-refractivity contribution in [2.45, 2.75) is 4.34 Å². The second-order valence-corrected chi connectivity index (χ2v) is 6.61. The van der Waals surface area contributed by atoms with Gasteiger partial charge in [-0.15, -0.1) is 5.10 Å². The van der Waals surface area contributed by atoms with E-state index in [9.17, 15) is 0 Å². The van der Waals surface area contributed by atoms with E-state index in [1.165, 1.54) is 11.3 Å². The Kier molecular flexibility index (Phi) is 3.68. The van der Waals surface area contributed by atoms with Gasteiger partial charge in [-0.2, -0.15) is 0 Å². The van der Waals surface area contributed by atoms with Crippen molar-refractivity contribution in [2.75, 3.05) is 20.2 Å². The molecule has 0 aliphatic carbocycles. The van der Waals surface area contributed by atoms with E-state index in [1.807, 2.05) is 30.7 Å². The number of fused-ring (bicyclic) bond motifs is 2. The first-order chi connectivity index (χ1) is 11.3. The molecule has 3 heterocycles. The van der Waals surface area contributed by atoms with Crippen molar-refractivity contribution < 1.29 is 13.9 Å². The van der Waals surface area contributed by atoms with Gasteiger partial charge in [0, 0.05) is 7.11 Å². The quantitative estimate of drug-likeness (QED) is 0.404. The topological polar surface area (TPSA) is 74.7 Å². The fraction of sp³-hybridized carbons (Fsp3) is 0.214.